The first-order valence-electron chi connectivity index (χ1n) is 4.98. The third kappa shape index (κ3) is 4.36. The van der Waals surface area contributed by atoms with Gasteiger partial charge in [0.15, 0.2) is 0 Å². The molecule has 1 rings (SSSR count). The maximum absolute atomic E-state index is 11.4. The summed E-state index contributed by atoms with van der Waals surface area (Å²) in [4.78, 5) is 11.4. The fraction of sp³-hybridized carbons (Fsp3) is 0.364. The summed E-state index contributed by atoms with van der Waals surface area (Å²) in [6.45, 7) is 0.251. The number of ether oxygens (including phenoxy) is 2. The van der Waals surface area contributed by atoms with Crippen molar-refractivity contribution in [3.05, 3.63) is 16.6 Å². The van der Waals surface area contributed by atoms with Gasteiger partial charge in [-0.1, -0.05) is 0 Å². The van der Waals surface area contributed by atoms with E-state index in [1.54, 1.807) is 33.4 Å². The van der Waals surface area contributed by atoms with Gasteiger partial charge in [0.1, 0.15) is 16.0 Å². The van der Waals surface area contributed by atoms with Crippen molar-refractivity contribution in [3.63, 3.8) is 0 Å². The molecule has 7 heteroatoms. The van der Waals surface area contributed by atoms with Crippen molar-refractivity contribution >= 4 is 39.9 Å². The molecule has 0 aromatic heterocycles. The highest BCUT2D eigenvalue weighted by Crippen LogP contribution is 2.37. The topological polar surface area (TPSA) is 59.6 Å². The lowest BCUT2D eigenvalue weighted by atomic mass is 10.2. The Morgan fingerprint density at radius 3 is 2.17 bits per heavy atom. The van der Waals surface area contributed by atoms with E-state index in [1.807, 2.05) is 0 Å². The van der Waals surface area contributed by atoms with Gasteiger partial charge in [-0.2, -0.15) is 0 Å². The van der Waals surface area contributed by atoms with E-state index in [2.05, 4.69) is 26.6 Å². The van der Waals surface area contributed by atoms with Crippen molar-refractivity contribution in [2.75, 3.05) is 33.1 Å². The number of carbonyl (C=O) groups excluding carboxylic acids is 1. The van der Waals surface area contributed by atoms with Gasteiger partial charge in [-0.25, -0.2) is 0 Å². The molecule has 5 nitrogen and oxygen atoms in total. The quantitative estimate of drug-likeness (QED) is 0.862. The summed E-state index contributed by atoms with van der Waals surface area (Å²) in [7, 11) is 4.82. The van der Waals surface area contributed by atoms with Gasteiger partial charge in [0.05, 0.1) is 20.8 Å². The Kier molecular flexibility index (Phi) is 7.73. The Morgan fingerprint density at radius 1 is 1.28 bits per heavy atom. The third-order valence-electron chi connectivity index (χ3n) is 2.07. The zero-order valence-corrected chi connectivity index (χ0v) is 12.8. The molecule has 0 bridgehead atoms. The van der Waals surface area contributed by atoms with Crippen LogP contribution in [0.3, 0.4) is 0 Å². The summed E-state index contributed by atoms with van der Waals surface area (Å²) in [6.07, 6.45) is 0. The van der Waals surface area contributed by atoms with Gasteiger partial charge in [-0.3, -0.25) is 4.79 Å². The number of hydrogen-bond donors (Lipinski definition) is 2. The number of hydrogen-bond acceptors (Lipinski definition) is 4. The summed E-state index contributed by atoms with van der Waals surface area (Å²) in [5.41, 5.74) is 0.627. The Hall–Kier alpha value is -0.980. The number of nitrogens with one attached hydrogen (secondary N) is 2. The smallest absolute Gasteiger partial charge is 0.238 e. The molecule has 0 radical (unpaired) electrons. The Labute approximate surface area is 121 Å². The van der Waals surface area contributed by atoms with Crippen LogP contribution in [0.5, 0.6) is 11.5 Å². The number of carbonyl (C=O) groups is 1. The van der Waals surface area contributed by atoms with Crippen LogP contribution < -0.4 is 20.1 Å². The van der Waals surface area contributed by atoms with E-state index in [0.717, 1.165) is 0 Å². The summed E-state index contributed by atoms with van der Waals surface area (Å²) in [6, 6.07) is 3.44. The molecule has 1 aromatic rings. The second-order valence-corrected chi connectivity index (χ2v) is 4.07. The molecule has 0 saturated carbocycles. The standard InChI is InChI=1S/C11H15BrN2O3.ClH/c1-13-6-10(15)14-7-4-8(16-2)11(12)9(5-7)17-3;/h4-5,13H,6H2,1-3H3,(H,14,15);1H. The molecule has 0 aliphatic heterocycles. The zero-order valence-electron chi connectivity index (χ0n) is 10.4. The SMILES string of the molecule is CNCC(=O)Nc1cc(OC)c(Br)c(OC)c1.Cl. The molecule has 1 aromatic carbocycles. The van der Waals surface area contributed by atoms with Gasteiger partial charge in [0.25, 0.3) is 0 Å². The van der Waals surface area contributed by atoms with E-state index in [1.165, 1.54) is 0 Å². The molecule has 0 atom stereocenters. The molecule has 102 valence electrons. The number of methoxy groups -OCH3 is 2. The van der Waals surface area contributed by atoms with Crippen molar-refractivity contribution in [1.82, 2.24) is 5.32 Å². The predicted molar refractivity (Wildman–Crippen MR) is 77.1 cm³/mol. The number of halogens is 2. The molecule has 0 heterocycles. The van der Waals surface area contributed by atoms with Crippen molar-refractivity contribution in [3.8, 4) is 11.5 Å². The van der Waals surface area contributed by atoms with E-state index in [0.29, 0.717) is 21.7 Å². The van der Waals surface area contributed by atoms with Gasteiger partial charge in [-0.05, 0) is 23.0 Å². The van der Waals surface area contributed by atoms with Gasteiger partial charge < -0.3 is 20.1 Å². The first-order valence-corrected chi connectivity index (χ1v) is 5.77. The summed E-state index contributed by atoms with van der Waals surface area (Å²) in [5.74, 6) is 1.08. The third-order valence-corrected chi connectivity index (χ3v) is 2.85. The number of amides is 1. The van der Waals surface area contributed by atoms with Gasteiger partial charge in [0.2, 0.25) is 5.91 Å². The van der Waals surface area contributed by atoms with E-state index in [9.17, 15) is 4.79 Å². The maximum Gasteiger partial charge on any atom is 0.238 e. The molecule has 18 heavy (non-hydrogen) atoms. The van der Waals surface area contributed by atoms with Gasteiger partial charge >= 0.3 is 0 Å². The molecule has 0 unspecified atom stereocenters. The van der Waals surface area contributed by atoms with Crippen LogP contribution in [0.2, 0.25) is 0 Å². The average molecular weight is 340 g/mol. The van der Waals surface area contributed by atoms with Crippen LogP contribution in [-0.2, 0) is 4.79 Å². The van der Waals surface area contributed by atoms with Crippen LogP contribution >= 0.6 is 28.3 Å². The number of benzene rings is 1. The van der Waals surface area contributed by atoms with Crippen LogP contribution in [0.1, 0.15) is 0 Å². The number of rotatable bonds is 5. The largest absolute Gasteiger partial charge is 0.495 e. The average Bonchev–Trinajstić information content (AvgIpc) is 2.31. The minimum atomic E-state index is -0.126. The molecule has 0 aliphatic rings. The zero-order chi connectivity index (χ0) is 12.8. The first kappa shape index (κ1) is 17.0. The lowest BCUT2D eigenvalue weighted by Crippen LogP contribution is -2.25. The first-order chi connectivity index (χ1) is 8.12. The molecular weight excluding hydrogens is 323 g/mol. The molecule has 0 spiro atoms. The van der Waals surface area contributed by atoms with Crippen molar-refractivity contribution in [2.45, 2.75) is 0 Å². The number of anilines is 1. The Bertz CT molecular complexity index is 390. The van der Waals surface area contributed by atoms with Crippen LogP contribution in [0.25, 0.3) is 0 Å². The van der Waals surface area contributed by atoms with Crippen LogP contribution in [0, 0.1) is 0 Å². The molecule has 0 aliphatic carbocycles. The fourth-order valence-electron chi connectivity index (χ4n) is 1.31. The minimum absolute atomic E-state index is 0. The maximum atomic E-state index is 11.4. The lowest BCUT2D eigenvalue weighted by molar-refractivity contribution is -0.115. The van der Waals surface area contributed by atoms with Gasteiger partial charge in [-0.15, -0.1) is 12.4 Å². The minimum Gasteiger partial charge on any atom is -0.495 e. The highest BCUT2D eigenvalue weighted by molar-refractivity contribution is 9.10. The summed E-state index contributed by atoms with van der Waals surface area (Å²) in [5, 5.41) is 5.51. The molecule has 0 fully saturated rings. The van der Waals surface area contributed by atoms with Crippen molar-refractivity contribution < 1.29 is 14.3 Å². The van der Waals surface area contributed by atoms with E-state index in [4.69, 9.17) is 9.47 Å². The summed E-state index contributed by atoms with van der Waals surface area (Å²) < 4.78 is 11.1. The van der Waals surface area contributed by atoms with Crippen LogP contribution in [-0.4, -0.2) is 33.7 Å². The Balaban J connectivity index is 0.00000289. The summed E-state index contributed by atoms with van der Waals surface area (Å²) >= 11 is 3.36. The molecule has 2 N–H and O–H groups in total. The highest BCUT2D eigenvalue weighted by Gasteiger charge is 2.11. The highest BCUT2D eigenvalue weighted by atomic mass is 79.9. The van der Waals surface area contributed by atoms with Crippen LogP contribution in [0.15, 0.2) is 16.6 Å². The van der Waals surface area contributed by atoms with Crippen molar-refractivity contribution in [2.24, 2.45) is 0 Å². The molecule has 0 saturated heterocycles. The Morgan fingerprint density at radius 2 is 1.78 bits per heavy atom. The molecule has 1 amide bonds. The number of likely N-dealkylation sites (N-methyl/N-ethyl adjacent to an activating group) is 1. The van der Waals surface area contributed by atoms with E-state index < -0.39 is 0 Å². The normalized spacial score (nSPS) is 9.33. The molecular formula is C11H16BrClN2O3. The van der Waals surface area contributed by atoms with Crippen molar-refractivity contribution in [1.29, 1.82) is 0 Å². The van der Waals surface area contributed by atoms with E-state index in [-0.39, 0.29) is 24.9 Å². The predicted octanol–water partition coefficient (Wildman–Crippen LogP) is 2.05. The van der Waals surface area contributed by atoms with Gasteiger partial charge in [0, 0.05) is 17.8 Å². The lowest BCUT2D eigenvalue weighted by Gasteiger charge is -2.12. The van der Waals surface area contributed by atoms with Crippen LogP contribution in [0.4, 0.5) is 5.69 Å². The monoisotopic (exact) mass is 338 g/mol. The second-order valence-electron chi connectivity index (χ2n) is 3.27. The fourth-order valence-corrected chi connectivity index (χ4v) is 1.86. The second kappa shape index (κ2) is 8.18. The van der Waals surface area contributed by atoms with E-state index >= 15 is 0 Å².